The fraction of sp³-hybridized carbons (Fsp3) is 0.560. The molecule has 1 saturated heterocycles. The third kappa shape index (κ3) is 5.24. The molecule has 1 unspecified atom stereocenters. The first-order chi connectivity index (χ1) is 14.9. The Hall–Kier alpha value is -2.47. The van der Waals surface area contributed by atoms with Crippen molar-refractivity contribution in [3.63, 3.8) is 0 Å². The first-order valence-corrected chi connectivity index (χ1v) is 11.3. The third-order valence-corrected chi connectivity index (χ3v) is 6.42. The molecule has 0 saturated carbocycles. The van der Waals surface area contributed by atoms with Gasteiger partial charge in [-0.3, -0.25) is 4.79 Å². The smallest absolute Gasteiger partial charge is 0.256 e. The lowest BCUT2D eigenvalue weighted by Gasteiger charge is -2.42. The van der Waals surface area contributed by atoms with Gasteiger partial charge in [0.1, 0.15) is 11.6 Å². The maximum atomic E-state index is 12.3. The zero-order valence-corrected chi connectivity index (χ0v) is 19.6. The normalized spacial score (nSPS) is 17.2. The van der Waals surface area contributed by atoms with Crippen molar-refractivity contribution in [3.8, 4) is 5.75 Å². The van der Waals surface area contributed by atoms with E-state index in [-0.39, 0.29) is 11.3 Å². The molecule has 0 aliphatic carbocycles. The molecule has 0 bridgehead atoms. The highest BCUT2D eigenvalue weighted by molar-refractivity contribution is 5.93. The highest BCUT2D eigenvalue weighted by Gasteiger charge is 2.40. The third-order valence-electron chi connectivity index (χ3n) is 6.42. The van der Waals surface area contributed by atoms with Gasteiger partial charge in [0.25, 0.3) is 5.91 Å². The van der Waals surface area contributed by atoms with Gasteiger partial charge in [0.05, 0.1) is 18.1 Å². The van der Waals surface area contributed by atoms with E-state index in [2.05, 4.69) is 30.9 Å². The van der Waals surface area contributed by atoms with Gasteiger partial charge in [-0.1, -0.05) is 32.4 Å². The van der Waals surface area contributed by atoms with E-state index < -0.39 is 0 Å². The Balaban J connectivity index is 1.90. The standard InChI is InChI=1S/C25H36N4O2/c1-6-8-19(2)18-29-13-11-25(12-14-29,21-9-7-10-22(15-21)31-5)24-26-16-20(17-27-24)23(30)28(3)4/h7,9-10,15-17,19H,6,8,11-14,18H2,1-5H3. The van der Waals surface area contributed by atoms with Crippen LogP contribution in [0, 0.1) is 5.92 Å². The van der Waals surface area contributed by atoms with Crippen molar-refractivity contribution in [2.24, 2.45) is 5.92 Å². The molecule has 1 amide bonds. The van der Waals surface area contributed by atoms with E-state index in [1.54, 1.807) is 38.5 Å². The summed E-state index contributed by atoms with van der Waals surface area (Å²) in [4.78, 5) is 25.8. The second-order valence-corrected chi connectivity index (χ2v) is 9.00. The molecule has 2 heterocycles. The lowest BCUT2D eigenvalue weighted by Crippen LogP contribution is -2.45. The summed E-state index contributed by atoms with van der Waals surface area (Å²) in [5, 5.41) is 0. The number of hydrogen-bond donors (Lipinski definition) is 0. The number of nitrogens with zero attached hydrogens (tertiary/aromatic N) is 4. The number of aromatic nitrogens is 2. The van der Waals surface area contributed by atoms with Crippen molar-refractivity contribution >= 4 is 5.91 Å². The van der Waals surface area contributed by atoms with Gasteiger partial charge in [-0.2, -0.15) is 0 Å². The number of amides is 1. The number of piperidine rings is 1. The molecule has 1 aliphatic heterocycles. The highest BCUT2D eigenvalue weighted by atomic mass is 16.5. The summed E-state index contributed by atoms with van der Waals surface area (Å²) >= 11 is 0. The van der Waals surface area contributed by atoms with Crippen molar-refractivity contribution in [2.75, 3.05) is 40.8 Å². The van der Waals surface area contributed by atoms with Gasteiger partial charge in [-0.25, -0.2) is 9.97 Å². The SMILES string of the molecule is CCCC(C)CN1CCC(c2cccc(OC)c2)(c2ncc(C(=O)N(C)C)cn2)CC1. The molecular weight excluding hydrogens is 388 g/mol. The summed E-state index contributed by atoms with van der Waals surface area (Å²) in [6, 6.07) is 8.27. The van der Waals surface area contributed by atoms with Crippen molar-refractivity contribution in [2.45, 2.75) is 44.9 Å². The number of rotatable bonds is 8. The minimum atomic E-state index is -0.279. The highest BCUT2D eigenvalue weighted by Crippen LogP contribution is 2.41. The van der Waals surface area contributed by atoms with Gasteiger partial charge < -0.3 is 14.5 Å². The first kappa shape index (κ1) is 23.2. The molecule has 31 heavy (non-hydrogen) atoms. The molecule has 0 spiro atoms. The Morgan fingerprint density at radius 3 is 2.48 bits per heavy atom. The topological polar surface area (TPSA) is 58.6 Å². The van der Waals surface area contributed by atoms with Crippen LogP contribution < -0.4 is 4.74 Å². The van der Waals surface area contributed by atoms with Crippen LogP contribution in [0.5, 0.6) is 5.75 Å². The summed E-state index contributed by atoms with van der Waals surface area (Å²) in [7, 11) is 5.17. The molecule has 3 rings (SSSR count). The summed E-state index contributed by atoms with van der Waals surface area (Å²) in [5.74, 6) is 2.26. The first-order valence-electron chi connectivity index (χ1n) is 11.3. The van der Waals surface area contributed by atoms with Crippen molar-refractivity contribution in [1.82, 2.24) is 19.8 Å². The van der Waals surface area contributed by atoms with E-state index in [9.17, 15) is 4.79 Å². The predicted molar refractivity (Wildman–Crippen MR) is 124 cm³/mol. The Kier molecular flexibility index (Phi) is 7.65. The van der Waals surface area contributed by atoms with Crippen LogP contribution in [-0.4, -0.2) is 66.5 Å². The molecular formula is C25H36N4O2. The minimum absolute atomic E-state index is 0.0817. The van der Waals surface area contributed by atoms with Crippen LogP contribution >= 0.6 is 0 Å². The molecule has 0 N–H and O–H groups in total. The van der Waals surface area contributed by atoms with Gasteiger partial charge in [-0.15, -0.1) is 0 Å². The van der Waals surface area contributed by atoms with E-state index in [1.807, 2.05) is 12.1 Å². The monoisotopic (exact) mass is 424 g/mol. The lowest BCUT2D eigenvalue weighted by atomic mass is 9.71. The van der Waals surface area contributed by atoms with Crippen molar-refractivity contribution < 1.29 is 9.53 Å². The van der Waals surface area contributed by atoms with E-state index in [4.69, 9.17) is 14.7 Å². The molecule has 1 fully saturated rings. The van der Waals surface area contributed by atoms with Crippen LogP contribution in [0.1, 0.15) is 61.3 Å². The molecule has 6 heteroatoms. The maximum Gasteiger partial charge on any atom is 0.256 e. The number of carbonyl (C=O) groups is 1. The molecule has 1 atom stereocenters. The molecule has 0 radical (unpaired) electrons. The Bertz CT molecular complexity index is 858. The molecule has 1 aromatic heterocycles. The largest absolute Gasteiger partial charge is 0.497 e. The van der Waals surface area contributed by atoms with Crippen LogP contribution in [0.3, 0.4) is 0 Å². The van der Waals surface area contributed by atoms with Gasteiger partial charge in [0, 0.05) is 33.0 Å². The molecule has 2 aromatic rings. The molecule has 168 valence electrons. The average molecular weight is 425 g/mol. The van der Waals surface area contributed by atoms with E-state index in [0.29, 0.717) is 11.5 Å². The zero-order chi connectivity index (χ0) is 22.4. The zero-order valence-electron chi connectivity index (χ0n) is 19.6. The van der Waals surface area contributed by atoms with Gasteiger partial charge in [-0.05, 0) is 56.0 Å². The molecule has 1 aromatic carbocycles. The Labute approximate surface area is 186 Å². The lowest BCUT2D eigenvalue weighted by molar-refractivity contribution is 0.0826. The number of carbonyl (C=O) groups excluding carboxylic acids is 1. The van der Waals surface area contributed by atoms with Crippen LogP contribution in [0.4, 0.5) is 0 Å². The van der Waals surface area contributed by atoms with Crippen LogP contribution in [-0.2, 0) is 5.41 Å². The molecule has 1 aliphatic rings. The fourth-order valence-electron chi connectivity index (χ4n) is 4.65. The molecule has 6 nitrogen and oxygen atoms in total. The summed E-state index contributed by atoms with van der Waals surface area (Å²) < 4.78 is 5.50. The Morgan fingerprint density at radius 1 is 1.23 bits per heavy atom. The van der Waals surface area contributed by atoms with Crippen LogP contribution in [0.2, 0.25) is 0 Å². The van der Waals surface area contributed by atoms with Crippen molar-refractivity contribution in [3.05, 3.63) is 53.6 Å². The average Bonchev–Trinajstić information content (AvgIpc) is 2.79. The predicted octanol–water partition coefficient (Wildman–Crippen LogP) is 4.01. The summed E-state index contributed by atoms with van der Waals surface area (Å²) in [6.07, 6.45) is 7.72. The van der Waals surface area contributed by atoms with E-state index in [0.717, 1.165) is 44.0 Å². The summed E-state index contributed by atoms with van der Waals surface area (Å²) in [6.45, 7) is 7.75. The second kappa shape index (κ2) is 10.2. The second-order valence-electron chi connectivity index (χ2n) is 9.00. The summed E-state index contributed by atoms with van der Waals surface area (Å²) in [5.41, 5.74) is 1.42. The van der Waals surface area contributed by atoms with Gasteiger partial charge >= 0.3 is 0 Å². The minimum Gasteiger partial charge on any atom is -0.497 e. The van der Waals surface area contributed by atoms with Gasteiger partial charge in [0.15, 0.2) is 0 Å². The number of methoxy groups -OCH3 is 1. The van der Waals surface area contributed by atoms with E-state index in [1.165, 1.54) is 18.4 Å². The Morgan fingerprint density at radius 2 is 1.90 bits per heavy atom. The van der Waals surface area contributed by atoms with E-state index >= 15 is 0 Å². The maximum absolute atomic E-state index is 12.3. The van der Waals surface area contributed by atoms with Crippen LogP contribution in [0.25, 0.3) is 0 Å². The quantitative estimate of drug-likeness (QED) is 0.641. The number of hydrogen-bond acceptors (Lipinski definition) is 5. The fourth-order valence-corrected chi connectivity index (χ4v) is 4.65. The number of ether oxygens (including phenoxy) is 1. The van der Waals surface area contributed by atoms with Crippen molar-refractivity contribution in [1.29, 1.82) is 0 Å². The number of benzene rings is 1. The van der Waals surface area contributed by atoms with Gasteiger partial charge in [0.2, 0.25) is 0 Å². The number of likely N-dealkylation sites (tertiary alicyclic amines) is 1. The van der Waals surface area contributed by atoms with Crippen LogP contribution in [0.15, 0.2) is 36.7 Å².